The highest BCUT2D eigenvalue weighted by atomic mass is 79.9. The van der Waals surface area contributed by atoms with E-state index in [1.165, 1.54) is 0 Å². The topological polar surface area (TPSA) is 3.24 Å². The molecule has 0 radical (unpaired) electrons. The van der Waals surface area contributed by atoms with Crippen LogP contribution in [-0.4, -0.2) is 35.8 Å². The van der Waals surface area contributed by atoms with E-state index in [-0.39, 0.29) is 12.8 Å². The summed E-state index contributed by atoms with van der Waals surface area (Å²) in [6, 6.07) is 0. The van der Waals surface area contributed by atoms with Crippen molar-refractivity contribution < 1.29 is 8.78 Å². The molecular formula is C8H14BrF2N. The van der Waals surface area contributed by atoms with Crippen molar-refractivity contribution in [2.24, 2.45) is 0 Å². The highest BCUT2D eigenvalue weighted by Gasteiger charge is 2.33. The Hall–Kier alpha value is 0.300. The second-order valence-corrected chi connectivity index (χ2v) is 4.03. The lowest BCUT2D eigenvalue weighted by atomic mass is 10.1. The minimum atomic E-state index is -2.40. The molecule has 72 valence electrons. The van der Waals surface area contributed by atoms with E-state index in [1.54, 1.807) is 0 Å². The maximum Gasteiger partial charge on any atom is 0.250 e. The first-order chi connectivity index (χ1) is 5.64. The van der Waals surface area contributed by atoms with Crippen molar-refractivity contribution in [1.29, 1.82) is 0 Å². The Morgan fingerprint density at radius 1 is 1.25 bits per heavy atom. The van der Waals surface area contributed by atoms with Crippen molar-refractivity contribution in [3.05, 3.63) is 0 Å². The van der Waals surface area contributed by atoms with Gasteiger partial charge in [0.05, 0.1) is 0 Å². The van der Waals surface area contributed by atoms with Crippen LogP contribution < -0.4 is 0 Å². The fourth-order valence-corrected chi connectivity index (χ4v) is 1.64. The average molecular weight is 242 g/mol. The van der Waals surface area contributed by atoms with Crippen LogP contribution in [0.1, 0.15) is 19.3 Å². The Bertz CT molecular complexity index is 131. The second-order valence-electron chi connectivity index (χ2n) is 3.24. The number of hydrogen-bond acceptors (Lipinski definition) is 1. The molecule has 12 heavy (non-hydrogen) atoms. The lowest BCUT2D eigenvalue weighted by Crippen LogP contribution is -2.39. The Balaban J connectivity index is 2.18. The summed E-state index contributed by atoms with van der Waals surface area (Å²) < 4.78 is 25.3. The summed E-state index contributed by atoms with van der Waals surface area (Å²) in [6.45, 7) is 2.06. The number of hydrogen-bond donors (Lipinski definition) is 0. The number of halogens is 3. The van der Waals surface area contributed by atoms with Crippen LogP contribution in [0.5, 0.6) is 0 Å². The number of likely N-dealkylation sites (tertiary alicyclic amines) is 1. The van der Waals surface area contributed by atoms with Gasteiger partial charge in [0, 0.05) is 31.3 Å². The zero-order chi connectivity index (χ0) is 9.03. The van der Waals surface area contributed by atoms with Gasteiger partial charge in [-0.1, -0.05) is 15.9 Å². The maximum absolute atomic E-state index is 12.7. The van der Waals surface area contributed by atoms with Crippen LogP contribution in [0.15, 0.2) is 0 Å². The zero-order valence-corrected chi connectivity index (χ0v) is 8.62. The van der Waals surface area contributed by atoms with E-state index in [2.05, 4.69) is 20.8 Å². The van der Waals surface area contributed by atoms with Crippen molar-refractivity contribution >= 4 is 15.9 Å². The van der Waals surface area contributed by atoms with Crippen LogP contribution in [0.4, 0.5) is 8.78 Å². The molecule has 1 heterocycles. The quantitative estimate of drug-likeness (QED) is 0.687. The summed E-state index contributed by atoms with van der Waals surface area (Å²) >= 11 is 3.32. The smallest absolute Gasteiger partial charge is 0.250 e. The Morgan fingerprint density at radius 2 is 1.83 bits per heavy atom. The van der Waals surface area contributed by atoms with E-state index < -0.39 is 5.92 Å². The van der Waals surface area contributed by atoms with Crippen LogP contribution in [0, 0.1) is 0 Å². The van der Waals surface area contributed by atoms with Crippen molar-refractivity contribution in [1.82, 2.24) is 4.90 Å². The van der Waals surface area contributed by atoms with Crippen molar-refractivity contribution in [2.75, 3.05) is 25.0 Å². The summed E-state index contributed by atoms with van der Waals surface area (Å²) in [5.74, 6) is -2.40. The number of piperidine rings is 1. The van der Waals surface area contributed by atoms with Crippen molar-refractivity contribution in [3.63, 3.8) is 0 Å². The zero-order valence-electron chi connectivity index (χ0n) is 7.03. The molecule has 0 atom stereocenters. The van der Waals surface area contributed by atoms with Crippen molar-refractivity contribution in [2.45, 2.75) is 25.2 Å². The van der Waals surface area contributed by atoms with Gasteiger partial charge >= 0.3 is 0 Å². The predicted molar refractivity (Wildman–Crippen MR) is 49.0 cm³/mol. The number of rotatable bonds is 3. The van der Waals surface area contributed by atoms with E-state index in [4.69, 9.17) is 0 Å². The summed E-state index contributed by atoms with van der Waals surface area (Å²) in [5.41, 5.74) is 0. The lowest BCUT2D eigenvalue weighted by Gasteiger charge is -2.31. The van der Waals surface area contributed by atoms with Crippen LogP contribution in [0.2, 0.25) is 0 Å². The molecule has 0 saturated carbocycles. The van der Waals surface area contributed by atoms with Gasteiger partial charge in [0.15, 0.2) is 0 Å². The molecule has 1 rings (SSSR count). The lowest BCUT2D eigenvalue weighted by molar-refractivity contribution is -0.0549. The molecule has 1 saturated heterocycles. The summed E-state index contributed by atoms with van der Waals surface area (Å²) in [6.07, 6.45) is 1.12. The third-order valence-electron chi connectivity index (χ3n) is 2.20. The molecule has 0 amide bonds. The molecule has 0 spiro atoms. The van der Waals surface area contributed by atoms with Gasteiger partial charge in [-0.3, -0.25) is 0 Å². The molecule has 0 aromatic heterocycles. The molecular weight excluding hydrogens is 228 g/mol. The monoisotopic (exact) mass is 241 g/mol. The standard InChI is InChI=1S/C8H14BrF2N/c9-4-1-5-12-6-2-8(10,11)3-7-12/h1-7H2. The third-order valence-corrected chi connectivity index (χ3v) is 2.76. The molecule has 0 aliphatic carbocycles. The minimum absolute atomic E-state index is 0.0370. The van der Waals surface area contributed by atoms with Gasteiger partial charge in [-0.05, 0) is 13.0 Å². The van der Waals surface area contributed by atoms with Gasteiger partial charge in [0.25, 0.3) is 5.92 Å². The van der Waals surface area contributed by atoms with Gasteiger partial charge in [0.1, 0.15) is 0 Å². The highest BCUT2D eigenvalue weighted by Crippen LogP contribution is 2.27. The summed E-state index contributed by atoms with van der Waals surface area (Å²) in [4.78, 5) is 2.11. The Morgan fingerprint density at radius 3 is 2.33 bits per heavy atom. The van der Waals surface area contributed by atoms with Crippen LogP contribution in [0.25, 0.3) is 0 Å². The van der Waals surface area contributed by atoms with Crippen molar-refractivity contribution in [3.8, 4) is 0 Å². The molecule has 1 aliphatic heterocycles. The fourth-order valence-electron chi connectivity index (χ4n) is 1.39. The minimum Gasteiger partial charge on any atom is -0.303 e. The summed E-state index contributed by atoms with van der Waals surface area (Å²) in [7, 11) is 0. The fraction of sp³-hybridized carbons (Fsp3) is 1.00. The number of alkyl halides is 3. The first-order valence-electron chi connectivity index (χ1n) is 4.30. The highest BCUT2D eigenvalue weighted by molar-refractivity contribution is 9.09. The van der Waals surface area contributed by atoms with Gasteiger partial charge in [-0.2, -0.15) is 0 Å². The molecule has 0 aromatic carbocycles. The Labute approximate surface area is 80.2 Å². The van der Waals surface area contributed by atoms with Gasteiger partial charge in [-0.15, -0.1) is 0 Å². The first kappa shape index (κ1) is 10.4. The van der Waals surface area contributed by atoms with Gasteiger partial charge in [0.2, 0.25) is 0 Å². The predicted octanol–water partition coefficient (Wildman–Crippen LogP) is 2.50. The van der Waals surface area contributed by atoms with Gasteiger partial charge in [-0.25, -0.2) is 8.78 Å². The van der Waals surface area contributed by atoms with E-state index in [9.17, 15) is 8.78 Å². The largest absolute Gasteiger partial charge is 0.303 e. The maximum atomic E-state index is 12.7. The molecule has 0 bridgehead atoms. The molecule has 1 aliphatic rings. The van der Waals surface area contributed by atoms with Crippen LogP contribution >= 0.6 is 15.9 Å². The second kappa shape index (κ2) is 4.51. The van der Waals surface area contributed by atoms with E-state index >= 15 is 0 Å². The first-order valence-corrected chi connectivity index (χ1v) is 5.42. The van der Waals surface area contributed by atoms with Crippen LogP contribution in [0.3, 0.4) is 0 Å². The molecule has 0 N–H and O–H groups in total. The molecule has 0 aromatic rings. The number of nitrogens with zero attached hydrogens (tertiary/aromatic N) is 1. The van der Waals surface area contributed by atoms with Crippen LogP contribution in [-0.2, 0) is 0 Å². The van der Waals surface area contributed by atoms with E-state index in [0.29, 0.717) is 13.1 Å². The SMILES string of the molecule is FC1(F)CCN(CCCBr)CC1. The summed E-state index contributed by atoms with van der Waals surface area (Å²) in [5, 5.41) is 0.958. The Kier molecular flexibility index (Phi) is 3.90. The normalized spacial score (nSPS) is 24.2. The third kappa shape index (κ3) is 3.35. The molecule has 1 fully saturated rings. The van der Waals surface area contributed by atoms with E-state index in [0.717, 1.165) is 18.3 Å². The molecule has 4 heteroatoms. The van der Waals surface area contributed by atoms with E-state index in [1.807, 2.05) is 0 Å². The van der Waals surface area contributed by atoms with Gasteiger partial charge < -0.3 is 4.90 Å². The average Bonchev–Trinajstić information content (AvgIpc) is 2.03. The molecule has 1 nitrogen and oxygen atoms in total. The molecule has 0 unspecified atom stereocenters.